The average molecular weight is 229 g/mol. The molecule has 0 spiro atoms. The Balaban J connectivity index is 1.95. The lowest BCUT2D eigenvalue weighted by atomic mass is 10.2. The number of rotatable bonds is 3. The van der Waals surface area contributed by atoms with Crippen molar-refractivity contribution in [1.82, 2.24) is 9.78 Å². The van der Waals surface area contributed by atoms with Gasteiger partial charge in [-0.3, -0.25) is 4.68 Å². The van der Waals surface area contributed by atoms with Crippen LogP contribution in [0.25, 0.3) is 11.3 Å². The molecule has 0 aromatic carbocycles. The van der Waals surface area contributed by atoms with Gasteiger partial charge in [-0.1, -0.05) is 0 Å². The Hall–Kier alpha value is -1.60. The normalized spacial score (nSPS) is 14.9. The Labute approximate surface area is 97.9 Å². The summed E-state index contributed by atoms with van der Waals surface area (Å²) in [5, 5.41) is 17.6. The Morgan fingerprint density at radius 1 is 1.56 bits per heavy atom. The Bertz CT molecular complexity index is 529. The van der Waals surface area contributed by atoms with Crippen LogP contribution in [0.2, 0.25) is 0 Å². The van der Waals surface area contributed by atoms with Crippen molar-refractivity contribution in [2.75, 3.05) is 0 Å². The second-order valence-electron chi connectivity index (χ2n) is 4.16. The molecule has 0 saturated heterocycles. The van der Waals surface area contributed by atoms with Crippen LogP contribution in [0.15, 0.2) is 22.9 Å². The predicted octanol–water partition coefficient (Wildman–Crippen LogP) is 2.89. The van der Waals surface area contributed by atoms with Crippen molar-refractivity contribution in [3.8, 4) is 17.3 Å². The summed E-state index contributed by atoms with van der Waals surface area (Å²) >= 11 is 1.65. The molecule has 0 N–H and O–H groups in total. The molecule has 3 nitrogen and oxygen atoms in total. The molecule has 0 atom stereocenters. The summed E-state index contributed by atoms with van der Waals surface area (Å²) in [6.07, 6.45) is 2.55. The summed E-state index contributed by atoms with van der Waals surface area (Å²) in [6.45, 7) is 0.896. The number of hydrogen-bond acceptors (Lipinski definition) is 3. The summed E-state index contributed by atoms with van der Waals surface area (Å²) in [6, 6.07) is 6.13. The molecule has 80 valence electrons. The standard InChI is InChI=1S/C12H11N3S/c13-6-11-5-12(10-3-4-16-8-10)14-15(11)7-9-1-2-9/h3-5,8-9H,1-2,7H2. The van der Waals surface area contributed by atoms with Crippen molar-refractivity contribution in [3.05, 3.63) is 28.6 Å². The van der Waals surface area contributed by atoms with E-state index in [4.69, 9.17) is 5.26 Å². The smallest absolute Gasteiger partial charge is 0.139 e. The van der Waals surface area contributed by atoms with Crippen LogP contribution in [-0.2, 0) is 6.54 Å². The van der Waals surface area contributed by atoms with Gasteiger partial charge in [0.2, 0.25) is 0 Å². The molecule has 2 aromatic rings. The van der Waals surface area contributed by atoms with Gasteiger partial charge >= 0.3 is 0 Å². The zero-order valence-corrected chi connectivity index (χ0v) is 9.57. The zero-order valence-electron chi connectivity index (χ0n) is 8.76. The molecular weight excluding hydrogens is 218 g/mol. The zero-order chi connectivity index (χ0) is 11.0. The molecule has 0 aliphatic heterocycles. The number of hydrogen-bond donors (Lipinski definition) is 0. The third kappa shape index (κ3) is 1.74. The van der Waals surface area contributed by atoms with Crippen molar-refractivity contribution in [2.24, 2.45) is 5.92 Å². The lowest BCUT2D eigenvalue weighted by Crippen LogP contribution is -2.04. The van der Waals surface area contributed by atoms with Gasteiger partial charge in [-0.15, -0.1) is 0 Å². The second kappa shape index (κ2) is 3.76. The van der Waals surface area contributed by atoms with Gasteiger partial charge in [0, 0.05) is 23.6 Å². The molecule has 1 aliphatic rings. The van der Waals surface area contributed by atoms with Crippen molar-refractivity contribution in [1.29, 1.82) is 5.26 Å². The van der Waals surface area contributed by atoms with Crippen molar-refractivity contribution in [3.63, 3.8) is 0 Å². The topological polar surface area (TPSA) is 41.6 Å². The van der Waals surface area contributed by atoms with Gasteiger partial charge in [0.25, 0.3) is 0 Å². The molecular formula is C12H11N3S. The fraction of sp³-hybridized carbons (Fsp3) is 0.333. The van der Waals surface area contributed by atoms with Crippen LogP contribution in [0.3, 0.4) is 0 Å². The first kappa shape index (κ1) is 9.61. The van der Waals surface area contributed by atoms with E-state index in [0.29, 0.717) is 5.69 Å². The maximum atomic E-state index is 9.05. The Morgan fingerprint density at radius 3 is 3.06 bits per heavy atom. The van der Waals surface area contributed by atoms with E-state index in [-0.39, 0.29) is 0 Å². The van der Waals surface area contributed by atoms with E-state index < -0.39 is 0 Å². The maximum Gasteiger partial charge on any atom is 0.139 e. The molecule has 2 aromatic heterocycles. The van der Waals surface area contributed by atoms with Gasteiger partial charge in [0.05, 0.1) is 5.69 Å². The van der Waals surface area contributed by atoms with Crippen LogP contribution in [0.5, 0.6) is 0 Å². The highest BCUT2D eigenvalue weighted by molar-refractivity contribution is 7.08. The minimum Gasteiger partial charge on any atom is -0.254 e. The monoisotopic (exact) mass is 229 g/mol. The Kier molecular flexibility index (Phi) is 2.26. The fourth-order valence-corrected chi connectivity index (χ4v) is 2.39. The minimum absolute atomic E-state index is 0.674. The van der Waals surface area contributed by atoms with E-state index in [1.165, 1.54) is 12.8 Å². The quantitative estimate of drug-likeness (QED) is 0.812. The van der Waals surface area contributed by atoms with E-state index in [1.54, 1.807) is 11.3 Å². The van der Waals surface area contributed by atoms with Crippen LogP contribution >= 0.6 is 11.3 Å². The number of thiophene rings is 1. The van der Waals surface area contributed by atoms with E-state index in [0.717, 1.165) is 23.7 Å². The van der Waals surface area contributed by atoms with Crippen molar-refractivity contribution < 1.29 is 0 Å². The summed E-state index contributed by atoms with van der Waals surface area (Å²) in [5.41, 5.74) is 2.70. The van der Waals surface area contributed by atoms with Crippen LogP contribution in [0.1, 0.15) is 18.5 Å². The summed E-state index contributed by atoms with van der Waals surface area (Å²) < 4.78 is 1.85. The van der Waals surface area contributed by atoms with Gasteiger partial charge in [-0.05, 0) is 30.2 Å². The summed E-state index contributed by atoms with van der Waals surface area (Å²) in [5.74, 6) is 0.738. The molecule has 3 rings (SSSR count). The Morgan fingerprint density at radius 2 is 2.44 bits per heavy atom. The molecule has 0 amide bonds. The number of nitriles is 1. The highest BCUT2D eigenvalue weighted by Gasteiger charge is 2.23. The lowest BCUT2D eigenvalue weighted by Gasteiger charge is -1.99. The molecule has 0 unspecified atom stereocenters. The largest absolute Gasteiger partial charge is 0.254 e. The lowest BCUT2D eigenvalue weighted by molar-refractivity contribution is 0.559. The molecule has 1 fully saturated rings. The van der Waals surface area contributed by atoms with Crippen LogP contribution in [0, 0.1) is 17.2 Å². The second-order valence-corrected chi connectivity index (χ2v) is 4.94. The molecule has 1 saturated carbocycles. The summed E-state index contributed by atoms with van der Waals surface area (Å²) in [4.78, 5) is 0. The van der Waals surface area contributed by atoms with Crippen LogP contribution in [0.4, 0.5) is 0 Å². The molecule has 0 radical (unpaired) electrons. The summed E-state index contributed by atoms with van der Waals surface area (Å²) in [7, 11) is 0. The van der Waals surface area contributed by atoms with Crippen molar-refractivity contribution >= 4 is 11.3 Å². The molecule has 1 aliphatic carbocycles. The highest BCUT2D eigenvalue weighted by Crippen LogP contribution is 2.31. The molecule has 0 bridgehead atoms. The van der Waals surface area contributed by atoms with Gasteiger partial charge in [0.15, 0.2) is 0 Å². The first-order valence-corrected chi connectivity index (χ1v) is 6.31. The van der Waals surface area contributed by atoms with E-state index in [9.17, 15) is 0 Å². The van der Waals surface area contributed by atoms with E-state index in [1.807, 2.05) is 22.2 Å². The van der Waals surface area contributed by atoms with E-state index >= 15 is 0 Å². The van der Waals surface area contributed by atoms with Crippen LogP contribution in [-0.4, -0.2) is 9.78 Å². The molecule has 2 heterocycles. The van der Waals surface area contributed by atoms with Gasteiger partial charge in [-0.25, -0.2) is 0 Å². The van der Waals surface area contributed by atoms with E-state index in [2.05, 4.69) is 16.5 Å². The minimum atomic E-state index is 0.674. The predicted molar refractivity (Wildman–Crippen MR) is 63.0 cm³/mol. The van der Waals surface area contributed by atoms with Gasteiger partial charge in [0.1, 0.15) is 11.8 Å². The third-order valence-electron chi connectivity index (χ3n) is 2.84. The van der Waals surface area contributed by atoms with Gasteiger partial charge in [-0.2, -0.15) is 21.7 Å². The SMILES string of the molecule is N#Cc1cc(-c2ccsc2)nn1CC1CC1. The van der Waals surface area contributed by atoms with Gasteiger partial charge < -0.3 is 0 Å². The van der Waals surface area contributed by atoms with Crippen LogP contribution < -0.4 is 0 Å². The maximum absolute atomic E-state index is 9.05. The average Bonchev–Trinajstić information content (AvgIpc) is 2.83. The third-order valence-corrected chi connectivity index (χ3v) is 3.52. The molecule has 4 heteroatoms. The number of nitrogens with zero attached hydrogens (tertiary/aromatic N) is 3. The first-order valence-electron chi connectivity index (χ1n) is 5.37. The first-order chi connectivity index (χ1) is 7.86. The van der Waals surface area contributed by atoms with Crippen molar-refractivity contribution in [2.45, 2.75) is 19.4 Å². The highest BCUT2D eigenvalue weighted by atomic mass is 32.1. The number of aromatic nitrogens is 2. The molecule has 16 heavy (non-hydrogen) atoms. The fourth-order valence-electron chi connectivity index (χ4n) is 1.74.